The maximum atomic E-state index is 4.96. The van der Waals surface area contributed by atoms with Gasteiger partial charge in [-0.3, -0.25) is 10.2 Å². The second-order valence-corrected chi connectivity index (χ2v) is 5.96. The molecule has 1 unspecified atom stereocenters. The molecule has 96 valence electrons. The number of H-pyrrole nitrogens is 2. The average Bonchev–Trinajstić information content (AvgIpc) is 2.98. The second kappa shape index (κ2) is 4.81. The van der Waals surface area contributed by atoms with E-state index in [1.807, 2.05) is 6.20 Å². The van der Waals surface area contributed by atoms with E-state index in [1.165, 1.54) is 19.3 Å². The van der Waals surface area contributed by atoms with Gasteiger partial charge in [0.15, 0.2) is 11.0 Å². The third-order valence-corrected chi connectivity index (χ3v) is 4.51. The SMILES string of the molecule is CC1CCCCN1c1ncc(-c2nc(=S)[nH][nH]2)s1. The zero-order valence-electron chi connectivity index (χ0n) is 10.1. The van der Waals surface area contributed by atoms with Gasteiger partial charge < -0.3 is 4.90 Å². The van der Waals surface area contributed by atoms with E-state index in [-0.39, 0.29) is 0 Å². The first-order chi connectivity index (χ1) is 8.74. The Morgan fingerprint density at radius 1 is 1.44 bits per heavy atom. The molecule has 0 radical (unpaired) electrons. The fraction of sp³-hybridized carbons (Fsp3) is 0.545. The van der Waals surface area contributed by atoms with Crippen LogP contribution in [0.5, 0.6) is 0 Å². The van der Waals surface area contributed by atoms with Crippen molar-refractivity contribution < 1.29 is 0 Å². The van der Waals surface area contributed by atoms with Gasteiger partial charge in [0.05, 0.1) is 11.1 Å². The number of aromatic nitrogens is 4. The molecule has 0 saturated carbocycles. The molecule has 0 spiro atoms. The molecule has 1 aliphatic rings. The summed E-state index contributed by atoms with van der Waals surface area (Å²) < 4.78 is 0.478. The number of hydrogen-bond acceptors (Lipinski definition) is 5. The predicted molar refractivity (Wildman–Crippen MR) is 75.5 cm³/mol. The lowest BCUT2D eigenvalue weighted by Crippen LogP contribution is -2.37. The normalized spacial score (nSPS) is 20.3. The van der Waals surface area contributed by atoms with Gasteiger partial charge in [-0.15, -0.1) is 0 Å². The molecular weight excluding hydrogens is 266 g/mol. The maximum absolute atomic E-state index is 4.96. The van der Waals surface area contributed by atoms with Gasteiger partial charge in [-0.1, -0.05) is 11.3 Å². The summed E-state index contributed by atoms with van der Waals surface area (Å²) in [6.45, 7) is 3.37. The van der Waals surface area contributed by atoms with Crippen LogP contribution in [0.15, 0.2) is 6.20 Å². The summed E-state index contributed by atoms with van der Waals surface area (Å²) >= 11 is 6.62. The van der Waals surface area contributed by atoms with E-state index in [0.29, 0.717) is 10.8 Å². The van der Waals surface area contributed by atoms with Crippen molar-refractivity contribution in [3.8, 4) is 10.7 Å². The summed E-state index contributed by atoms with van der Waals surface area (Å²) in [7, 11) is 0. The van der Waals surface area contributed by atoms with Gasteiger partial charge >= 0.3 is 0 Å². The lowest BCUT2D eigenvalue weighted by molar-refractivity contribution is 0.484. The summed E-state index contributed by atoms with van der Waals surface area (Å²) in [6.07, 6.45) is 5.69. The summed E-state index contributed by atoms with van der Waals surface area (Å²) in [6, 6.07) is 0.579. The Hall–Kier alpha value is -1.21. The quantitative estimate of drug-likeness (QED) is 0.831. The zero-order valence-corrected chi connectivity index (χ0v) is 11.8. The monoisotopic (exact) mass is 281 g/mol. The standard InChI is InChI=1S/C11H15N5S2/c1-7-4-2-3-5-16(7)11-12-6-8(18-11)9-13-10(17)15-14-9/h6-7H,2-5H2,1H3,(H2,13,14,15,17). The smallest absolute Gasteiger partial charge is 0.213 e. The second-order valence-electron chi connectivity index (χ2n) is 4.56. The molecule has 1 fully saturated rings. The molecule has 0 aliphatic carbocycles. The molecule has 3 heterocycles. The van der Waals surface area contributed by atoms with Crippen molar-refractivity contribution in [2.45, 2.75) is 32.2 Å². The fourth-order valence-corrected chi connectivity index (χ4v) is 3.41. The lowest BCUT2D eigenvalue weighted by Gasteiger charge is -2.32. The Balaban J connectivity index is 1.87. The van der Waals surface area contributed by atoms with Gasteiger partial charge in [-0.05, 0) is 38.4 Å². The molecule has 0 aromatic carbocycles. The van der Waals surface area contributed by atoms with Gasteiger partial charge in [-0.25, -0.2) is 4.98 Å². The lowest BCUT2D eigenvalue weighted by atomic mass is 10.1. The number of piperidine rings is 1. The molecule has 1 aliphatic heterocycles. The molecule has 0 amide bonds. The number of anilines is 1. The minimum atomic E-state index is 0.478. The molecule has 1 saturated heterocycles. The third-order valence-electron chi connectivity index (χ3n) is 3.28. The highest BCUT2D eigenvalue weighted by molar-refractivity contribution is 7.71. The first kappa shape index (κ1) is 11.9. The Morgan fingerprint density at radius 3 is 3.06 bits per heavy atom. The number of thiazole rings is 1. The van der Waals surface area contributed by atoms with Crippen LogP contribution in [-0.4, -0.2) is 32.8 Å². The van der Waals surface area contributed by atoms with Crippen molar-refractivity contribution in [3.05, 3.63) is 11.0 Å². The van der Waals surface area contributed by atoms with Crippen LogP contribution in [0.1, 0.15) is 26.2 Å². The van der Waals surface area contributed by atoms with E-state index in [4.69, 9.17) is 12.2 Å². The first-order valence-corrected chi connectivity index (χ1v) is 7.34. The highest BCUT2D eigenvalue weighted by Gasteiger charge is 2.21. The summed E-state index contributed by atoms with van der Waals surface area (Å²) in [5, 5.41) is 6.85. The Labute approximate surface area is 114 Å². The molecule has 1 atom stereocenters. The summed E-state index contributed by atoms with van der Waals surface area (Å²) in [4.78, 5) is 12.1. The molecule has 2 aromatic heterocycles. The highest BCUT2D eigenvalue weighted by atomic mass is 32.1. The number of hydrogen-bond donors (Lipinski definition) is 2. The largest absolute Gasteiger partial charge is 0.345 e. The molecule has 7 heteroatoms. The van der Waals surface area contributed by atoms with Crippen molar-refractivity contribution in [1.82, 2.24) is 20.2 Å². The molecular formula is C11H15N5S2. The Bertz CT molecular complexity index is 584. The van der Waals surface area contributed by atoms with Crippen molar-refractivity contribution in [2.75, 3.05) is 11.4 Å². The van der Waals surface area contributed by atoms with Crippen LogP contribution in [0.2, 0.25) is 0 Å². The van der Waals surface area contributed by atoms with Crippen LogP contribution < -0.4 is 4.90 Å². The maximum Gasteiger partial charge on any atom is 0.213 e. The van der Waals surface area contributed by atoms with E-state index in [9.17, 15) is 0 Å². The van der Waals surface area contributed by atoms with Gasteiger partial charge in [-0.2, -0.15) is 4.98 Å². The van der Waals surface area contributed by atoms with E-state index in [2.05, 4.69) is 32.0 Å². The molecule has 2 aromatic rings. The Morgan fingerprint density at radius 2 is 2.33 bits per heavy atom. The highest BCUT2D eigenvalue weighted by Crippen LogP contribution is 2.32. The van der Waals surface area contributed by atoms with E-state index < -0.39 is 0 Å². The van der Waals surface area contributed by atoms with Crippen LogP contribution in [0.25, 0.3) is 10.7 Å². The minimum absolute atomic E-state index is 0.478. The van der Waals surface area contributed by atoms with Crippen molar-refractivity contribution in [3.63, 3.8) is 0 Å². The van der Waals surface area contributed by atoms with Crippen molar-refractivity contribution in [1.29, 1.82) is 0 Å². The predicted octanol–water partition coefficient (Wildman–Crippen LogP) is 2.97. The molecule has 18 heavy (non-hydrogen) atoms. The molecule has 5 nitrogen and oxygen atoms in total. The van der Waals surface area contributed by atoms with Crippen molar-refractivity contribution in [2.24, 2.45) is 0 Å². The fourth-order valence-electron chi connectivity index (χ4n) is 2.28. The van der Waals surface area contributed by atoms with Crippen LogP contribution in [-0.2, 0) is 0 Å². The number of rotatable bonds is 2. The van der Waals surface area contributed by atoms with Crippen molar-refractivity contribution >= 4 is 28.7 Å². The number of nitrogens with one attached hydrogen (secondary N) is 2. The van der Waals surface area contributed by atoms with Gasteiger partial charge in [0.2, 0.25) is 4.77 Å². The molecule has 0 bridgehead atoms. The van der Waals surface area contributed by atoms with Crippen LogP contribution >= 0.6 is 23.6 Å². The average molecular weight is 281 g/mol. The third kappa shape index (κ3) is 2.20. The number of nitrogens with zero attached hydrogens (tertiary/aromatic N) is 3. The van der Waals surface area contributed by atoms with Gasteiger partial charge in [0.25, 0.3) is 0 Å². The van der Waals surface area contributed by atoms with Crippen LogP contribution in [0.3, 0.4) is 0 Å². The van der Waals surface area contributed by atoms with Gasteiger partial charge in [0.1, 0.15) is 0 Å². The van der Waals surface area contributed by atoms with Gasteiger partial charge in [0, 0.05) is 12.6 Å². The van der Waals surface area contributed by atoms with Crippen LogP contribution in [0, 0.1) is 4.77 Å². The number of aromatic amines is 2. The van der Waals surface area contributed by atoms with E-state index in [0.717, 1.165) is 22.4 Å². The summed E-state index contributed by atoms with van der Waals surface area (Å²) in [5.41, 5.74) is 0. The van der Waals surface area contributed by atoms with E-state index >= 15 is 0 Å². The van der Waals surface area contributed by atoms with E-state index in [1.54, 1.807) is 11.3 Å². The molecule has 2 N–H and O–H groups in total. The van der Waals surface area contributed by atoms with Crippen LogP contribution in [0.4, 0.5) is 5.13 Å². The zero-order chi connectivity index (χ0) is 12.5. The first-order valence-electron chi connectivity index (χ1n) is 6.11. The molecule has 3 rings (SSSR count). The Kier molecular flexibility index (Phi) is 3.17. The topological polar surface area (TPSA) is 60.6 Å². The minimum Gasteiger partial charge on any atom is -0.345 e. The summed E-state index contributed by atoms with van der Waals surface area (Å²) in [5.74, 6) is 0.772.